The van der Waals surface area contributed by atoms with Crippen LogP contribution in [0, 0.1) is 5.82 Å². The first-order valence-electron chi connectivity index (χ1n) is 5.94. The molecule has 1 heterocycles. The van der Waals surface area contributed by atoms with Crippen molar-refractivity contribution in [2.75, 3.05) is 11.1 Å². The van der Waals surface area contributed by atoms with E-state index in [9.17, 15) is 4.39 Å². The van der Waals surface area contributed by atoms with Gasteiger partial charge in [-0.1, -0.05) is 13.8 Å². The number of nitrogen functional groups attached to an aromatic ring is 1. The summed E-state index contributed by atoms with van der Waals surface area (Å²) in [7, 11) is 1.82. The van der Waals surface area contributed by atoms with Crippen LogP contribution in [0.1, 0.15) is 25.5 Å². The summed E-state index contributed by atoms with van der Waals surface area (Å²) < 4.78 is 15.3. The molecule has 2 aromatic rings. The number of nitrogens with two attached hydrogens (primary N) is 1. The topological polar surface area (TPSA) is 55.9 Å². The van der Waals surface area contributed by atoms with E-state index in [4.69, 9.17) is 5.73 Å². The Bertz CT molecular complexity index is 607. The Morgan fingerprint density at radius 2 is 2.11 bits per heavy atom. The Morgan fingerprint density at radius 3 is 2.63 bits per heavy atom. The number of halogens is 2. The predicted octanol–water partition coefficient (Wildman–Crippen LogP) is 3.77. The Morgan fingerprint density at radius 1 is 1.42 bits per heavy atom. The molecule has 0 atom stereocenters. The van der Waals surface area contributed by atoms with Crippen molar-refractivity contribution in [2.45, 2.75) is 19.8 Å². The van der Waals surface area contributed by atoms with Gasteiger partial charge in [0.15, 0.2) is 5.82 Å². The zero-order valence-corrected chi connectivity index (χ0v) is 12.6. The van der Waals surface area contributed by atoms with Crippen LogP contribution in [0.4, 0.5) is 21.6 Å². The van der Waals surface area contributed by atoms with Gasteiger partial charge in [0.05, 0.1) is 15.9 Å². The lowest BCUT2D eigenvalue weighted by molar-refractivity contribution is 0.621. The minimum atomic E-state index is -0.300. The summed E-state index contributed by atoms with van der Waals surface area (Å²) in [6.45, 7) is 4.08. The molecule has 1 aromatic heterocycles. The smallest absolute Gasteiger partial charge is 0.152 e. The molecular formula is C13H16BrFN4. The number of hydrogen-bond acceptors (Lipinski definition) is 3. The number of aromatic nitrogens is 2. The molecule has 0 unspecified atom stereocenters. The second-order valence-corrected chi connectivity index (χ2v) is 5.53. The lowest BCUT2D eigenvalue weighted by atomic mass is 10.1. The summed E-state index contributed by atoms with van der Waals surface area (Å²) in [5, 5.41) is 7.55. The van der Waals surface area contributed by atoms with Crippen molar-refractivity contribution in [3.8, 4) is 0 Å². The van der Waals surface area contributed by atoms with Gasteiger partial charge in [-0.25, -0.2) is 4.39 Å². The summed E-state index contributed by atoms with van der Waals surface area (Å²) in [5.74, 6) is 0.662. The average molecular weight is 327 g/mol. The van der Waals surface area contributed by atoms with E-state index >= 15 is 0 Å². The van der Waals surface area contributed by atoms with Gasteiger partial charge in [-0.2, -0.15) is 5.10 Å². The van der Waals surface area contributed by atoms with Crippen molar-refractivity contribution in [3.63, 3.8) is 0 Å². The van der Waals surface area contributed by atoms with Gasteiger partial charge >= 0.3 is 0 Å². The molecule has 6 heteroatoms. The van der Waals surface area contributed by atoms with Crippen molar-refractivity contribution in [3.05, 3.63) is 34.2 Å². The first-order valence-corrected chi connectivity index (χ1v) is 6.74. The quantitative estimate of drug-likeness (QED) is 0.902. The van der Waals surface area contributed by atoms with Gasteiger partial charge in [-0.15, -0.1) is 0 Å². The second kappa shape index (κ2) is 5.21. The number of rotatable bonds is 3. The van der Waals surface area contributed by atoms with Crippen LogP contribution in [0.5, 0.6) is 0 Å². The molecule has 0 aliphatic carbocycles. The fourth-order valence-corrected chi connectivity index (χ4v) is 2.23. The van der Waals surface area contributed by atoms with Crippen molar-refractivity contribution < 1.29 is 4.39 Å². The molecule has 0 spiro atoms. The van der Waals surface area contributed by atoms with Crippen LogP contribution >= 0.6 is 15.9 Å². The second-order valence-electron chi connectivity index (χ2n) is 4.68. The number of anilines is 3. The predicted molar refractivity (Wildman–Crippen MR) is 79.1 cm³/mol. The standard InChI is InChI=1S/C13H16BrFN4/c1-7(2)12-11(16)13(19(3)18-12)17-8-4-5-10(15)9(14)6-8/h4-7,17H,16H2,1-3H3. The average Bonchev–Trinajstić information content (AvgIpc) is 2.62. The molecule has 0 radical (unpaired) electrons. The van der Waals surface area contributed by atoms with Crippen LogP contribution in [0.3, 0.4) is 0 Å². The monoisotopic (exact) mass is 326 g/mol. The lowest BCUT2D eigenvalue weighted by Gasteiger charge is -2.08. The van der Waals surface area contributed by atoms with E-state index < -0.39 is 0 Å². The molecule has 0 bridgehead atoms. The highest BCUT2D eigenvalue weighted by Crippen LogP contribution is 2.31. The lowest BCUT2D eigenvalue weighted by Crippen LogP contribution is -2.01. The molecule has 102 valence electrons. The van der Waals surface area contributed by atoms with Crippen LogP contribution in [-0.4, -0.2) is 9.78 Å². The largest absolute Gasteiger partial charge is 0.394 e. The summed E-state index contributed by atoms with van der Waals surface area (Å²) in [6, 6.07) is 4.71. The van der Waals surface area contributed by atoms with Gasteiger partial charge < -0.3 is 11.1 Å². The van der Waals surface area contributed by atoms with E-state index in [-0.39, 0.29) is 11.7 Å². The molecule has 0 aliphatic heterocycles. The molecule has 2 rings (SSSR count). The van der Waals surface area contributed by atoms with Crippen molar-refractivity contribution >= 4 is 33.1 Å². The van der Waals surface area contributed by atoms with E-state index in [0.29, 0.717) is 16.0 Å². The maximum atomic E-state index is 13.2. The number of benzene rings is 1. The van der Waals surface area contributed by atoms with Crippen LogP contribution < -0.4 is 11.1 Å². The maximum absolute atomic E-state index is 13.2. The first-order chi connectivity index (χ1) is 8.90. The molecule has 3 N–H and O–H groups in total. The van der Waals surface area contributed by atoms with Gasteiger partial charge in [0.2, 0.25) is 0 Å². The van der Waals surface area contributed by atoms with Gasteiger partial charge in [0.25, 0.3) is 0 Å². The molecule has 4 nitrogen and oxygen atoms in total. The van der Waals surface area contributed by atoms with E-state index in [0.717, 1.165) is 11.4 Å². The third kappa shape index (κ3) is 2.73. The number of nitrogens with one attached hydrogen (secondary N) is 1. The zero-order valence-electron chi connectivity index (χ0n) is 11.0. The van der Waals surface area contributed by atoms with Crippen molar-refractivity contribution in [2.24, 2.45) is 7.05 Å². The summed E-state index contributed by atoms with van der Waals surface area (Å²) in [5.41, 5.74) is 8.31. The van der Waals surface area contributed by atoms with Crippen LogP contribution in [0.2, 0.25) is 0 Å². The highest BCUT2D eigenvalue weighted by Gasteiger charge is 2.16. The highest BCUT2D eigenvalue weighted by atomic mass is 79.9. The number of hydrogen-bond donors (Lipinski definition) is 2. The van der Waals surface area contributed by atoms with Crippen molar-refractivity contribution in [1.29, 1.82) is 0 Å². The fourth-order valence-electron chi connectivity index (χ4n) is 1.85. The summed E-state index contributed by atoms with van der Waals surface area (Å²) in [6.07, 6.45) is 0. The fraction of sp³-hybridized carbons (Fsp3) is 0.308. The van der Waals surface area contributed by atoms with E-state index in [2.05, 4.69) is 26.3 Å². The Labute approximate surface area is 119 Å². The molecule has 0 aliphatic rings. The van der Waals surface area contributed by atoms with Crippen molar-refractivity contribution in [1.82, 2.24) is 9.78 Å². The van der Waals surface area contributed by atoms with Crippen LogP contribution in [0.15, 0.2) is 22.7 Å². The third-order valence-corrected chi connectivity index (χ3v) is 3.45. The minimum Gasteiger partial charge on any atom is -0.394 e. The number of nitrogens with zero attached hydrogens (tertiary/aromatic N) is 2. The van der Waals surface area contributed by atoms with Crippen LogP contribution in [0.25, 0.3) is 0 Å². The van der Waals surface area contributed by atoms with E-state index in [1.807, 2.05) is 20.9 Å². The van der Waals surface area contributed by atoms with E-state index in [1.54, 1.807) is 16.8 Å². The molecule has 0 fully saturated rings. The minimum absolute atomic E-state index is 0.252. The first kappa shape index (κ1) is 13.9. The summed E-state index contributed by atoms with van der Waals surface area (Å²) in [4.78, 5) is 0. The zero-order chi connectivity index (χ0) is 14.2. The Hall–Kier alpha value is -1.56. The molecule has 0 saturated carbocycles. The Balaban J connectivity index is 2.35. The van der Waals surface area contributed by atoms with Crippen LogP contribution in [-0.2, 0) is 7.05 Å². The Kier molecular flexibility index (Phi) is 3.80. The third-order valence-electron chi connectivity index (χ3n) is 2.84. The van der Waals surface area contributed by atoms with E-state index in [1.165, 1.54) is 6.07 Å². The van der Waals surface area contributed by atoms with Gasteiger partial charge in [-0.05, 0) is 40.0 Å². The molecular weight excluding hydrogens is 311 g/mol. The normalized spacial score (nSPS) is 11.1. The summed E-state index contributed by atoms with van der Waals surface area (Å²) >= 11 is 3.16. The number of aryl methyl sites for hydroxylation is 1. The SMILES string of the molecule is CC(C)c1nn(C)c(Nc2ccc(F)c(Br)c2)c1N. The molecule has 1 aromatic carbocycles. The molecule has 0 amide bonds. The van der Waals surface area contributed by atoms with Gasteiger partial charge in [0, 0.05) is 12.7 Å². The molecule has 0 saturated heterocycles. The van der Waals surface area contributed by atoms with Gasteiger partial charge in [0.1, 0.15) is 5.82 Å². The van der Waals surface area contributed by atoms with Gasteiger partial charge in [-0.3, -0.25) is 4.68 Å². The molecule has 19 heavy (non-hydrogen) atoms. The highest BCUT2D eigenvalue weighted by molar-refractivity contribution is 9.10. The maximum Gasteiger partial charge on any atom is 0.152 e.